The van der Waals surface area contributed by atoms with Crippen LogP contribution in [0, 0.1) is 0 Å². The lowest BCUT2D eigenvalue weighted by Gasteiger charge is -2.30. The van der Waals surface area contributed by atoms with Crippen LogP contribution in [0.4, 0.5) is 0 Å². The Morgan fingerprint density at radius 3 is 2.17 bits per heavy atom. The fourth-order valence-electron chi connectivity index (χ4n) is 3.48. The summed E-state index contributed by atoms with van der Waals surface area (Å²) in [5, 5.41) is 3.50. The lowest BCUT2D eigenvalue weighted by atomic mass is 9.88. The lowest BCUT2D eigenvalue weighted by molar-refractivity contribution is 0.458. The molecule has 122 valence electrons. The molecule has 0 bridgehead atoms. The lowest BCUT2D eigenvalue weighted by Crippen LogP contribution is -2.30. The van der Waals surface area contributed by atoms with E-state index in [9.17, 15) is 0 Å². The normalized spacial score (nSPS) is 17.8. The third kappa shape index (κ3) is 3.13. The van der Waals surface area contributed by atoms with Crippen molar-refractivity contribution >= 4 is 16.9 Å². The van der Waals surface area contributed by atoms with Gasteiger partial charge in [0.1, 0.15) is 0 Å². The highest BCUT2D eigenvalue weighted by atomic mass is 32.2. The Morgan fingerprint density at radius 2 is 1.50 bits per heavy atom. The molecule has 2 nitrogen and oxygen atoms in total. The second kappa shape index (κ2) is 7.27. The van der Waals surface area contributed by atoms with Crippen molar-refractivity contribution in [1.29, 1.82) is 0 Å². The molecule has 0 saturated heterocycles. The summed E-state index contributed by atoms with van der Waals surface area (Å²) in [6, 6.07) is 21.7. The highest BCUT2D eigenvalue weighted by Crippen LogP contribution is 2.40. The number of thioether (sulfide) groups is 1. The van der Waals surface area contributed by atoms with Crippen molar-refractivity contribution in [3.8, 4) is 0 Å². The van der Waals surface area contributed by atoms with Crippen LogP contribution in [0.15, 0.2) is 76.8 Å². The van der Waals surface area contributed by atoms with Gasteiger partial charge in [-0.05, 0) is 35.8 Å². The van der Waals surface area contributed by atoms with E-state index in [2.05, 4.69) is 71.0 Å². The second-order valence-corrected chi connectivity index (χ2v) is 7.13. The van der Waals surface area contributed by atoms with Crippen LogP contribution in [-0.4, -0.2) is 23.2 Å². The highest BCUT2D eigenvalue weighted by molar-refractivity contribution is 8.16. The summed E-state index contributed by atoms with van der Waals surface area (Å²) >= 11 is 1.79. The van der Waals surface area contributed by atoms with E-state index in [0.29, 0.717) is 0 Å². The standard InChI is InChI=1S/C21H22N2S/c1-4-10-17(11-5-1)20(18-12-6-2-7-13-18)19-16-24-21-22-14-8-3-9-15-23(19)21/h1-2,4-7,10-13,16,20H,3,8-9,14-15H2. The first-order chi connectivity index (χ1) is 11.9. The van der Waals surface area contributed by atoms with E-state index in [4.69, 9.17) is 4.99 Å². The minimum atomic E-state index is 0.270. The van der Waals surface area contributed by atoms with Crippen molar-refractivity contribution < 1.29 is 0 Å². The molecule has 0 atom stereocenters. The first kappa shape index (κ1) is 15.5. The maximum Gasteiger partial charge on any atom is 0.167 e. The van der Waals surface area contributed by atoms with Crippen LogP contribution in [0.5, 0.6) is 0 Å². The summed E-state index contributed by atoms with van der Waals surface area (Å²) < 4.78 is 0. The zero-order chi connectivity index (χ0) is 16.2. The zero-order valence-electron chi connectivity index (χ0n) is 13.8. The maximum atomic E-state index is 4.82. The van der Waals surface area contributed by atoms with Crippen LogP contribution in [0.3, 0.4) is 0 Å². The molecule has 2 aliphatic rings. The first-order valence-corrected chi connectivity index (χ1v) is 9.60. The average Bonchev–Trinajstić information content (AvgIpc) is 2.98. The molecule has 0 saturated carbocycles. The molecular weight excluding hydrogens is 312 g/mol. The third-order valence-corrected chi connectivity index (χ3v) is 5.60. The largest absolute Gasteiger partial charge is 0.323 e. The van der Waals surface area contributed by atoms with Crippen LogP contribution in [-0.2, 0) is 0 Å². The Hall–Kier alpha value is -2.00. The molecule has 2 aliphatic heterocycles. The van der Waals surface area contributed by atoms with Crippen molar-refractivity contribution in [1.82, 2.24) is 4.90 Å². The molecular formula is C21H22N2S. The van der Waals surface area contributed by atoms with E-state index in [-0.39, 0.29) is 5.92 Å². The summed E-state index contributed by atoms with van der Waals surface area (Å²) in [4.78, 5) is 7.27. The highest BCUT2D eigenvalue weighted by Gasteiger charge is 2.30. The van der Waals surface area contributed by atoms with Gasteiger partial charge in [0, 0.05) is 24.7 Å². The van der Waals surface area contributed by atoms with Crippen molar-refractivity contribution in [3.63, 3.8) is 0 Å². The molecule has 3 heteroatoms. The van der Waals surface area contributed by atoms with Gasteiger partial charge in [-0.15, -0.1) is 0 Å². The van der Waals surface area contributed by atoms with Crippen molar-refractivity contribution in [2.24, 2.45) is 4.99 Å². The fourth-order valence-corrected chi connectivity index (χ4v) is 4.46. The summed E-state index contributed by atoms with van der Waals surface area (Å²) in [7, 11) is 0. The Kier molecular flexibility index (Phi) is 4.70. The number of hydrogen-bond donors (Lipinski definition) is 0. The van der Waals surface area contributed by atoms with Gasteiger partial charge in [0.2, 0.25) is 0 Å². The molecule has 4 rings (SSSR count). The first-order valence-electron chi connectivity index (χ1n) is 8.72. The number of amidine groups is 1. The van der Waals surface area contributed by atoms with Crippen LogP contribution >= 0.6 is 11.8 Å². The summed E-state index contributed by atoms with van der Waals surface area (Å²) in [5.41, 5.74) is 4.07. The van der Waals surface area contributed by atoms with E-state index in [0.717, 1.165) is 13.1 Å². The van der Waals surface area contributed by atoms with Gasteiger partial charge in [-0.1, -0.05) is 72.4 Å². The molecule has 0 amide bonds. The van der Waals surface area contributed by atoms with E-state index >= 15 is 0 Å². The van der Waals surface area contributed by atoms with E-state index in [1.54, 1.807) is 11.8 Å². The van der Waals surface area contributed by atoms with Crippen molar-refractivity contribution in [3.05, 3.63) is 82.9 Å². The number of allylic oxidation sites excluding steroid dienone is 1. The molecule has 0 aromatic heterocycles. The molecule has 0 radical (unpaired) electrons. The van der Waals surface area contributed by atoms with Crippen LogP contribution in [0.1, 0.15) is 36.3 Å². The maximum absolute atomic E-state index is 4.82. The number of nitrogens with zero attached hydrogens (tertiary/aromatic N) is 2. The minimum Gasteiger partial charge on any atom is -0.323 e. The van der Waals surface area contributed by atoms with Gasteiger partial charge in [0.05, 0.1) is 0 Å². The quantitative estimate of drug-likeness (QED) is 0.762. The average molecular weight is 334 g/mol. The fraction of sp³-hybridized carbons (Fsp3) is 0.286. The Labute approximate surface area is 148 Å². The zero-order valence-corrected chi connectivity index (χ0v) is 14.6. The summed E-state index contributed by atoms with van der Waals surface area (Å²) in [6.07, 6.45) is 3.73. The van der Waals surface area contributed by atoms with E-state index < -0.39 is 0 Å². The monoisotopic (exact) mass is 334 g/mol. The molecule has 0 unspecified atom stereocenters. The Balaban J connectivity index is 1.75. The number of benzene rings is 2. The van der Waals surface area contributed by atoms with Gasteiger partial charge in [0.25, 0.3) is 0 Å². The molecule has 0 spiro atoms. The molecule has 0 fully saturated rings. The number of fused-ring (bicyclic) bond motifs is 1. The Morgan fingerprint density at radius 1 is 0.833 bits per heavy atom. The number of aliphatic imine (C=N–C) groups is 1. The molecule has 2 heterocycles. The van der Waals surface area contributed by atoms with Crippen LogP contribution < -0.4 is 0 Å². The second-order valence-electron chi connectivity index (χ2n) is 6.29. The molecule has 2 aromatic rings. The van der Waals surface area contributed by atoms with Gasteiger partial charge in [-0.25, -0.2) is 0 Å². The smallest absolute Gasteiger partial charge is 0.167 e. The molecule has 0 N–H and O–H groups in total. The molecule has 2 aromatic carbocycles. The van der Waals surface area contributed by atoms with Gasteiger partial charge in [-0.2, -0.15) is 0 Å². The van der Waals surface area contributed by atoms with E-state index in [1.165, 1.54) is 41.3 Å². The van der Waals surface area contributed by atoms with Crippen molar-refractivity contribution in [2.45, 2.75) is 25.2 Å². The Bertz CT molecular complexity index is 697. The predicted octanol–water partition coefficient (Wildman–Crippen LogP) is 5.25. The molecule has 0 aliphatic carbocycles. The molecule has 24 heavy (non-hydrogen) atoms. The predicted molar refractivity (Wildman–Crippen MR) is 103 cm³/mol. The van der Waals surface area contributed by atoms with Gasteiger partial charge >= 0.3 is 0 Å². The van der Waals surface area contributed by atoms with Gasteiger partial charge < -0.3 is 4.90 Å². The van der Waals surface area contributed by atoms with Crippen molar-refractivity contribution in [2.75, 3.05) is 13.1 Å². The third-order valence-electron chi connectivity index (χ3n) is 4.68. The van der Waals surface area contributed by atoms with Gasteiger partial charge in [0.15, 0.2) is 5.17 Å². The van der Waals surface area contributed by atoms with Crippen LogP contribution in [0.2, 0.25) is 0 Å². The van der Waals surface area contributed by atoms with Crippen LogP contribution in [0.25, 0.3) is 0 Å². The van der Waals surface area contributed by atoms with E-state index in [1.807, 2.05) is 0 Å². The summed E-state index contributed by atoms with van der Waals surface area (Å²) in [5.74, 6) is 0.270. The SMILES string of the molecule is C1=C(C(c2ccccc2)c2ccccc2)N2CCCCCN=C2S1. The topological polar surface area (TPSA) is 15.6 Å². The number of hydrogen-bond acceptors (Lipinski definition) is 3. The summed E-state index contributed by atoms with van der Waals surface area (Å²) in [6.45, 7) is 2.04. The van der Waals surface area contributed by atoms with Gasteiger partial charge in [-0.3, -0.25) is 4.99 Å². The number of rotatable bonds is 3. The minimum absolute atomic E-state index is 0.270.